The van der Waals surface area contributed by atoms with E-state index < -0.39 is 0 Å². The molecule has 1 aromatic carbocycles. The number of thiophene rings is 1. The molecule has 9 heteroatoms. The van der Waals surface area contributed by atoms with Crippen LogP contribution in [0.15, 0.2) is 58.5 Å². The molecule has 35 heavy (non-hydrogen) atoms. The maximum atomic E-state index is 12.8. The summed E-state index contributed by atoms with van der Waals surface area (Å²) in [6, 6.07) is 15.5. The first-order chi connectivity index (χ1) is 16.9. The molecule has 1 saturated carbocycles. The molecule has 0 radical (unpaired) electrons. The molecule has 2 atom stereocenters. The van der Waals surface area contributed by atoms with Gasteiger partial charge in [0.25, 0.3) is 11.8 Å². The molecule has 1 N–H and O–H groups in total. The van der Waals surface area contributed by atoms with Gasteiger partial charge in [-0.25, -0.2) is 4.98 Å². The number of carbonyl (C=O) groups excluding carboxylic acids is 2. The minimum Gasteiger partial charge on any atom is -0.349 e. The van der Waals surface area contributed by atoms with Crippen molar-refractivity contribution >= 4 is 50.1 Å². The van der Waals surface area contributed by atoms with Crippen LogP contribution in [0.5, 0.6) is 0 Å². The Morgan fingerprint density at radius 3 is 2.71 bits per heavy atom. The van der Waals surface area contributed by atoms with Crippen LogP contribution in [0.2, 0.25) is 0 Å². The molecule has 2 amide bonds. The van der Waals surface area contributed by atoms with E-state index in [1.165, 1.54) is 11.3 Å². The topological polar surface area (TPSA) is 80.1 Å². The fraction of sp³-hybridized carbons (Fsp3) is 0.308. The Kier molecular flexibility index (Phi) is 6.71. The predicted molar refractivity (Wildman–Crippen MR) is 142 cm³/mol. The van der Waals surface area contributed by atoms with Crippen molar-refractivity contribution in [2.24, 2.45) is 0 Å². The number of fused-ring (bicyclic) bond motifs is 1. The van der Waals surface area contributed by atoms with E-state index >= 15 is 0 Å². The van der Waals surface area contributed by atoms with E-state index in [0.717, 1.165) is 52.0 Å². The maximum Gasteiger partial charge on any atom is 0.261 e. The van der Waals surface area contributed by atoms with Crippen molar-refractivity contribution in [3.63, 3.8) is 0 Å². The molecular weight excluding hydrogens is 526 g/mol. The number of nitrogens with zero attached hydrogens (tertiary/aromatic N) is 4. The Labute approximate surface area is 216 Å². The number of halogens is 1. The highest BCUT2D eigenvalue weighted by molar-refractivity contribution is 9.11. The first-order valence-electron chi connectivity index (χ1n) is 11.6. The number of hydrogen-bond acceptors (Lipinski definition) is 5. The van der Waals surface area contributed by atoms with Gasteiger partial charge in [0.15, 0.2) is 5.82 Å². The number of amides is 2. The molecule has 1 aliphatic carbocycles. The fourth-order valence-electron chi connectivity index (χ4n) is 4.76. The number of pyridine rings is 1. The highest BCUT2D eigenvalue weighted by Crippen LogP contribution is 2.36. The Bertz CT molecular complexity index is 1380. The monoisotopic (exact) mass is 551 g/mol. The second kappa shape index (κ2) is 9.91. The Balaban J connectivity index is 1.50. The van der Waals surface area contributed by atoms with Crippen molar-refractivity contribution in [3.8, 4) is 11.5 Å². The lowest BCUT2D eigenvalue weighted by molar-refractivity contribution is 0.0827. The summed E-state index contributed by atoms with van der Waals surface area (Å²) in [5, 5.41) is 3.24. The van der Waals surface area contributed by atoms with Crippen molar-refractivity contribution in [1.82, 2.24) is 24.8 Å². The summed E-state index contributed by atoms with van der Waals surface area (Å²) in [5.41, 5.74) is 3.14. The van der Waals surface area contributed by atoms with Crippen molar-refractivity contribution in [1.29, 1.82) is 0 Å². The van der Waals surface area contributed by atoms with Gasteiger partial charge in [0.2, 0.25) is 0 Å². The zero-order chi connectivity index (χ0) is 24.5. The van der Waals surface area contributed by atoms with E-state index in [4.69, 9.17) is 4.98 Å². The summed E-state index contributed by atoms with van der Waals surface area (Å²) in [7, 11) is 3.49. The molecule has 7 nitrogen and oxygen atoms in total. The van der Waals surface area contributed by atoms with E-state index in [1.54, 1.807) is 25.2 Å². The average molecular weight is 552 g/mol. The zero-order valence-electron chi connectivity index (χ0n) is 19.6. The van der Waals surface area contributed by atoms with Crippen LogP contribution in [0.3, 0.4) is 0 Å². The molecule has 5 rings (SSSR count). The van der Waals surface area contributed by atoms with Gasteiger partial charge in [0.05, 0.1) is 19.7 Å². The number of imidazole rings is 1. The van der Waals surface area contributed by atoms with Gasteiger partial charge in [-0.2, -0.15) is 0 Å². The minimum absolute atomic E-state index is 0.0290. The quantitative estimate of drug-likeness (QED) is 0.353. The summed E-state index contributed by atoms with van der Waals surface area (Å²) >= 11 is 4.88. The first kappa shape index (κ1) is 23.7. The van der Waals surface area contributed by atoms with E-state index in [1.807, 2.05) is 48.5 Å². The van der Waals surface area contributed by atoms with Gasteiger partial charge >= 0.3 is 0 Å². The van der Waals surface area contributed by atoms with Crippen molar-refractivity contribution < 1.29 is 9.59 Å². The number of hydrogen-bond donors (Lipinski definition) is 1. The molecule has 3 aromatic heterocycles. The van der Waals surface area contributed by atoms with Crippen molar-refractivity contribution in [3.05, 3.63) is 69.0 Å². The highest BCUT2D eigenvalue weighted by atomic mass is 79.9. The van der Waals surface area contributed by atoms with Crippen LogP contribution >= 0.6 is 27.3 Å². The summed E-state index contributed by atoms with van der Waals surface area (Å²) in [5.74, 6) is 0.703. The lowest BCUT2D eigenvalue weighted by Gasteiger charge is -2.32. The predicted octanol–water partition coefficient (Wildman–Crippen LogP) is 5.54. The third kappa shape index (κ3) is 4.88. The standard InChI is InChI=1S/C26H26BrN5O2S/c1-31(2)26(34)16-9-10-21-20(14-16)30-24(19-8-3-4-13-28-19)32(21)18-7-5-6-17(15-18)29-25(33)22-11-12-23(27)35-22/h3-4,8-14,17-18H,5-7,15H2,1-2H3,(H,29,33)/t17-,18+/m1/s1. The van der Waals surface area contributed by atoms with Gasteiger partial charge in [-0.15, -0.1) is 11.3 Å². The van der Waals surface area contributed by atoms with Crippen molar-refractivity contribution in [2.75, 3.05) is 14.1 Å². The van der Waals surface area contributed by atoms with E-state index in [-0.39, 0.29) is 23.9 Å². The highest BCUT2D eigenvalue weighted by Gasteiger charge is 2.29. The zero-order valence-corrected chi connectivity index (χ0v) is 22.0. The van der Waals surface area contributed by atoms with Crippen LogP contribution < -0.4 is 5.32 Å². The molecule has 1 fully saturated rings. The summed E-state index contributed by atoms with van der Waals surface area (Å²) in [4.78, 5) is 37.1. The fourth-order valence-corrected chi connectivity index (χ4v) is 6.05. The number of nitrogens with one attached hydrogen (secondary N) is 1. The van der Waals surface area contributed by atoms with Crippen LogP contribution in [0.1, 0.15) is 51.8 Å². The third-order valence-electron chi connectivity index (χ3n) is 6.38. The molecule has 1 aliphatic rings. The molecule has 180 valence electrons. The van der Waals surface area contributed by atoms with Crippen LogP contribution in [-0.2, 0) is 0 Å². The lowest BCUT2D eigenvalue weighted by atomic mass is 9.90. The van der Waals surface area contributed by atoms with Crippen LogP contribution in [0, 0.1) is 0 Å². The second-order valence-electron chi connectivity index (χ2n) is 9.02. The van der Waals surface area contributed by atoms with Crippen molar-refractivity contribution in [2.45, 2.75) is 37.8 Å². The van der Waals surface area contributed by atoms with E-state index in [9.17, 15) is 9.59 Å². The van der Waals surface area contributed by atoms with Gasteiger partial charge in [-0.1, -0.05) is 6.07 Å². The molecule has 0 spiro atoms. The van der Waals surface area contributed by atoms with Gasteiger partial charge in [0.1, 0.15) is 5.69 Å². The molecule has 0 aliphatic heterocycles. The number of rotatable bonds is 5. The molecule has 0 bridgehead atoms. The number of aromatic nitrogens is 3. The average Bonchev–Trinajstić information content (AvgIpc) is 3.47. The van der Waals surface area contributed by atoms with Gasteiger partial charge in [-0.05, 0) is 84.1 Å². The van der Waals surface area contributed by atoms with Gasteiger partial charge < -0.3 is 14.8 Å². The van der Waals surface area contributed by atoms with Gasteiger partial charge in [0, 0.05) is 37.9 Å². The maximum absolute atomic E-state index is 12.8. The SMILES string of the molecule is CN(C)C(=O)c1ccc2c(c1)nc(-c1ccccn1)n2[C@H]1CCC[C@@H](NC(=O)c2ccc(Br)s2)C1. The molecule has 0 unspecified atom stereocenters. The smallest absolute Gasteiger partial charge is 0.261 e. The summed E-state index contributed by atoms with van der Waals surface area (Å²) < 4.78 is 3.20. The largest absolute Gasteiger partial charge is 0.349 e. The minimum atomic E-state index is -0.0542. The molecule has 0 saturated heterocycles. The van der Waals surface area contributed by atoms with Crippen LogP contribution in [-0.4, -0.2) is 51.4 Å². The molecule has 3 heterocycles. The van der Waals surface area contributed by atoms with Gasteiger partial charge in [-0.3, -0.25) is 14.6 Å². The molecule has 4 aromatic rings. The summed E-state index contributed by atoms with van der Waals surface area (Å²) in [6.07, 6.45) is 5.51. The van der Waals surface area contributed by atoms with E-state index in [0.29, 0.717) is 10.4 Å². The number of benzene rings is 1. The normalized spacial score (nSPS) is 17.9. The van der Waals surface area contributed by atoms with Crippen LogP contribution in [0.25, 0.3) is 22.6 Å². The lowest BCUT2D eigenvalue weighted by Crippen LogP contribution is -2.38. The number of carbonyl (C=O) groups is 2. The molecular formula is C26H26BrN5O2S. The van der Waals surface area contributed by atoms with E-state index in [2.05, 4.69) is 30.8 Å². The van der Waals surface area contributed by atoms with Crippen LogP contribution in [0.4, 0.5) is 0 Å². The second-order valence-corrected chi connectivity index (χ2v) is 11.5. The Morgan fingerprint density at radius 1 is 1.14 bits per heavy atom. The summed E-state index contributed by atoms with van der Waals surface area (Å²) in [6.45, 7) is 0. The Morgan fingerprint density at radius 2 is 2.00 bits per heavy atom. The Hall–Kier alpha value is -3.04. The third-order valence-corrected chi connectivity index (χ3v) is 8.00. The first-order valence-corrected chi connectivity index (χ1v) is 13.2.